The SMILES string of the molecule is Cc1nc2ccccc2n1-c1ccc(S(=O)(=O)C(F)(F)F)cc1. The number of aryl methyl sites for hydroxylation is 1. The first kappa shape index (κ1) is 15.5. The maximum absolute atomic E-state index is 12.6. The number of halogens is 3. The molecule has 1 heterocycles. The van der Waals surface area contributed by atoms with Gasteiger partial charge in [0.15, 0.2) is 0 Å². The van der Waals surface area contributed by atoms with Gasteiger partial charge in [0.05, 0.1) is 15.9 Å². The number of imidazole rings is 1. The fourth-order valence-electron chi connectivity index (χ4n) is 2.38. The van der Waals surface area contributed by atoms with Gasteiger partial charge in [-0.15, -0.1) is 0 Å². The predicted molar refractivity (Wildman–Crippen MR) is 79.0 cm³/mol. The molecule has 0 aliphatic rings. The van der Waals surface area contributed by atoms with Crippen molar-refractivity contribution >= 4 is 20.9 Å². The molecule has 4 nitrogen and oxygen atoms in total. The van der Waals surface area contributed by atoms with Gasteiger partial charge in [0, 0.05) is 5.69 Å². The van der Waals surface area contributed by atoms with Gasteiger partial charge in [-0.2, -0.15) is 13.2 Å². The Bertz CT molecular complexity index is 974. The van der Waals surface area contributed by atoms with E-state index in [1.165, 1.54) is 12.1 Å². The van der Waals surface area contributed by atoms with Crippen molar-refractivity contribution < 1.29 is 21.6 Å². The van der Waals surface area contributed by atoms with Gasteiger partial charge in [0.1, 0.15) is 5.82 Å². The number of aromatic nitrogens is 2. The molecule has 0 saturated carbocycles. The topological polar surface area (TPSA) is 52.0 Å². The quantitative estimate of drug-likeness (QED) is 0.716. The Morgan fingerprint density at radius 3 is 2.22 bits per heavy atom. The molecule has 120 valence electrons. The normalized spacial score (nSPS) is 12.7. The molecule has 3 aromatic rings. The molecule has 0 aliphatic heterocycles. The monoisotopic (exact) mass is 340 g/mol. The van der Waals surface area contributed by atoms with Gasteiger partial charge in [0.2, 0.25) is 0 Å². The molecule has 1 aromatic heterocycles. The summed E-state index contributed by atoms with van der Waals surface area (Å²) in [5, 5.41) is 0. The first-order chi connectivity index (χ1) is 10.7. The zero-order chi connectivity index (χ0) is 16.8. The van der Waals surface area contributed by atoms with Crippen LogP contribution < -0.4 is 0 Å². The zero-order valence-electron chi connectivity index (χ0n) is 11.9. The summed E-state index contributed by atoms with van der Waals surface area (Å²) in [6, 6.07) is 11.9. The summed E-state index contributed by atoms with van der Waals surface area (Å²) >= 11 is 0. The summed E-state index contributed by atoms with van der Waals surface area (Å²) in [7, 11) is -5.34. The van der Waals surface area contributed by atoms with Crippen LogP contribution in [0, 0.1) is 6.92 Å². The number of sulfone groups is 1. The third kappa shape index (κ3) is 2.48. The van der Waals surface area contributed by atoms with Crippen LogP contribution in [0.15, 0.2) is 53.4 Å². The van der Waals surface area contributed by atoms with E-state index >= 15 is 0 Å². The van der Waals surface area contributed by atoms with Crippen LogP contribution in [0.3, 0.4) is 0 Å². The maximum Gasteiger partial charge on any atom is 0.501 e. The summed E-state index contributed by atoms with van der Waals surface area (Å²) < 4.78 is 62.2. The second-order valence-electron chi connectivity index (χ2n) is 4.93. The zero-order valence-corrected chi connectivity index (χ0v) is 12.7. The van der Waals surface area contributed by atoms with Crippen molar-refractivity contribution in [3.63, 3.8) is 0 Å². The molecule has 23 heavy (non-hydrogen) atoms. The highest BCUT2D eigenvalue weighted by Crippen LogP contribution is 2.31. The van der Waals surface area contributed by atoms with Crippen molar-refractivity contribution in [3.05, 3.63) is 54.4 Å². The molecule has 0 bridgehead atoms. The number of nitrogens with zero attached hydrogens (tertiary/aromatic N) is 2. The Balaban J connectivity index is 2.11. The van der Waals surface area contributed by atoms with Crippen molar-refractivity contribution in [2.75, 3.05) is 0 Å². The lowest BCUT2D eigenvalue weighted by molar-refractivity contribution is -0.0436. The minimum Gasteiger partial charge on any atom is -0.297 e. The number of fused-ring (bicyclic) bond motifs is 1. The van der Waals surface area contributed by atoms with E-state index in [0.29, 0.717) is 11.5 Å². The maximum atomic E-state index is 12.6. The summed E-state index contributed by atoms with van der Waals surface area (Å²) in [6.45, 7) is 1.76. The Kier molecular flexibility index (Phi) is 3.44. The number of alkyl halides is 3. The van der Waals surface area contributed by atoms with Gasteiger partial charge >= 0.3 is 5.51 Å². The van der Waals surface area contributed by atoms with E-state index in [9.17, 15) is 21.6 Å². The Morgan fingerprint density at radius 2 is 1.61 bits per heavy atom. The van der Waals surface area contributed by atoms with Crippen LogP contribution in [0.2, 0.25) is 0 Å². The highest BCUT2D eigenvalue weighted by atomic mass is 32.2. The van der Waals surface area contributed by atoms with E-state index in [2.05, 4.69) is 4.98 Å². The lowest BCUT2D eigenvalue weighted by Gasteiger charge is -2.10. The van der Waals surface area contributed by atoms with Crippen LogP contribution >= 0.6 is 0 Å². The predicted octanol–water partition coefficient (Wildman–Crippen LogP) is 3.63. The average Bonchev–Trinajstić information content (AvgIpc) is 2.82. The minimum absolute atomic E-state index is 0.539. The van der Waals surface area contributed by atoms with Crippen molar-refractivity contribution in [1.82, 2.24) is 9.55 Å². The summed E-state index contributed by atoms with van der Waals surface area (Å²) in [5.41, 5.74) is -3.24. The molecule has 0 fully saturated rings. The molecule has 0 N–H and O–H groups in total. The number of hydrogen-bond donors (Lipinski definition) is 0. The number of hydrogen-bond acceptors (Lipinski definition) is 3. The Morgan fingerprint density at radius 1 is 1.00 bits per heavy atom. The minimum atomic E-state index is -5.34. The van der Waals surface area contributed by atoms with E-state index in [-0.39, 0.29) is 0 Å². The lowest BCUT2D eigenvalue weighted by Crippen LogP contribution is -2.23. The van der Waals surface area contributed by atoms with E-state index in [1.54, 1.807) is 11.5 Å². The molecule has 2 aromatic carbocycles. The highest BCUT2D eigenvalue weighted by Gasteiger charge is 2.46. The van der Waals surface area contributed by atoms with Crippen molar-refractivity contribution in [3.8, 4) is 5.69 Å². The smallest absolute Gasteiger partial charge is 0.297 e. The third-order valence-electron chi connectivity index (χ3n) is 3.44. The van der Waals surface area contributed by atoms with Gasteiger partial charge in [-0.3, -0.25) is 4.57 Å². The standard InChI is InChI=1S/C15H11F3N2O2S/c1-10-19-13-4-2-3-5-14(13)20(10)11-6-8-12(9-7-11)23(21,22)15(16,17)18/h2-9H,1H3. The summed E-state index contributed by atoms with van der Waals surface area (Å²) in [5.74, 6) is 0.651. The summed E-state index contributed by atoms with van der Waals surface area (Å²) in [6.07, 6.45) is 0. The van der Waals surface area contributed by atoms with E-state index in [0.717, 1.165) is 23.2 Å². The number of para-hydroxylation sites is 2. The molecule has 0 amide bonds. The van der Waals surface area contributed by atoms with Gasteiger partial charge in [-0.1, -0.05) is 12.1 Å². The Hall–Kier alpha value is -2.35. The second-order valence-corrected chi connectivity index (χ2v) is 6.87. The highest BCUT2D eigenvalue weighted by molar-refractivity contribution is 7.92. The molecule has 0 radical (unpaired) electrons. The average molecular weight is 340 g/mol. The molecule has 8 heteroatoms. The van der Waals surface area contributed by atoms with E-state index < -0.39 is 20.2 Å². The summed E-state index contributed by atoms with van der Waals surface area (Å²) in [4.78, 5) is 3.58. The molecule has 0 spiro atoms. The first-order valence-corrected chi connectivity index (χ1v) is 8.06. The van der Waals surface area contributed by atoms with Gasteiger partial charge in [-0.25, -0.2) is 13.4 Å². The number of benzene rings is 2. The molecule has 3 rings (SSSR count). The van der Waals surface area contributed by atoms with Crippen LogP contribution in [-0.2, 0) is 9.84 Å². The number of rotatable bonds is 2. The van der Waals surface area contributed by atoms with Crippen molar-refractivity contribution in [2.45, 2.75) is 17.3 Å². The van der Waals surface area contributed by atoms with Crippen LogP contribution in [-0.4, -0.2) is 23.5 Å². The molecule has 0 saturated heterocycles. The molecule has 0 atom stereocenters. The van der Waals surface area contributed by atoms with E-state index in [4.69, 9.17) is 0 Å². The fraction of sp³-hybridized carbons (Fsp3) is 0.133. The second kappa shape index (κ2) is 5.09. The lowest BCUT2D eigenvalue weighted by atomic mass is 10.3. The van der Waals surface area contributed by atoms with E-state index in [1.807, 2.05) is 24.3 Å². The first-order valence-electron chi connectivity index (χ1n) is 6.58. The van der Waals surface area contributed by atoms with Crippen molar-refractivity contribution in [2.24, 2.45) is 0 Å². The third-order valence-corrected chi connectivity index (χ3v) is 4.94. The van der Waals surface area contributed by atoms with Crippen molar-refractivity contribution in [1.29, 1.82) is 0 Å². The molecular formula is C15H11F3N2O2S. The van der Waals surface area contributed by atoms with Crippen LogP contribution in [0.25, 0.3) is 16.7 Å². The Labute approximate surface area is 130 Å². The molecular weight excluding hydrogens is 329 g/mol. The largest absolute Gasteiger partial charge is 0.501 e. The van der Waals surface area contributed by atoms with Crippen LogP contribution in [0.4, 0.5) is 13.2 Å². The van der Waals surface area contributed by atoms with Gasteiger partial charge in [-0.05, 0) is 43.3 Å². The van der Waals surface area contributed by atoms with Gasteiger partial charge in [0.25, 0.3) is 9.84 Å². The molecule has 0 aliphatic carbocycles. The van der Waals surface area contributed by atoms with Crippen LogP contribution in [0.1, 0.15) is 5.82 Å². The van der Waals surface area contributed by atoms with Crippen LogP contribution in [0.5, 0.6) is 0 Å². The fourth-order valence-corrected chi connectivity index (χ4v) is 3.14. The van der Waals surface area contributed by atoms with Gasteiger partial charge < -0.3 is 0 Å². The molecule has 0 unspecified atom stereocenters.